The highest BCUT2D eigenvalue weighted by atomic mass is 35.5. The molecule has 3 rings (SSSR count). The van der Waals surface area contributed by atoms with Crippen molar-refractivity contribution in [1.29, 1.82) is 5.26 Å². The molecule has 5 nitrogen and oxygen atoms in total. The van der Waals surface area contributed by atoms with E-state index in [-0.39, 0.29) is 17.0 Å². The molecule has 1 amide bonds. The number of ether oxygens (including phenoxy) is 1. The van der Waals surface area contributed by atoms with Crippen LogP contribution in [0, 0.1) is 17.1 Å². The fourth-order valence-corrected chi connectivity index (χ4v) is 3.10. The summed E-state index contributed by atoms with van der Waals surface area (Å²) in [6, 6.07) is 5.75. The molecule has 2 saturated heterocycles. The molecule has 0 bridgehead atoms. The second-order valence-corrected chi connectivity index (χ2v) is 5.76. The molecule has 7 heteroatoms. The lowest BCUT2D eigenvalue weighted by Crippen LogP contribution is -2.52. The van der Waals surface area contributed by atoms with Gasteiger partial charge in [0.2, 0.25) is 5.91 Å². The van der Waals surface area contributed by atoms with Crippen molar-refractivity contribution in [3.8, 4) is 6.07 Å². The summed E-state index contributed by atoms with van der Waals surface area (Å²) in [5.41, 5.74) is 0.496. The van der Waals surface area contributed by atoms with Crippen molar-refractivity contribution in [2.75, 3.05) is 31.2 Å². The second kappa shape index (κ2) is 6.21. The fraction of sp³-hybridized carbons (Fsp3) is 0.467. The first-order chi connectivity index (χ1) is 10.6. The Kier molecular flexibility index (Phi) is 4.30. The fourth-order valence-electron chi connectivity index (χ4n) is 2.98. The number of anilines is 1. The van der Waals surface area contributed by atoms with E-state index in [2.05, 4.69) is 6.07 Å². The van der Waals surface area contributed by atoms with Gasteiger partial charge < -0.3 is 9.64 Å². The molecule has 0 saturated carbocycles. The first-order valence-corrected chi connectivity index (χ1v) is 7.49. The maximum atomic E-state index is 13.6. The molecule has 2 aliphatic heterocycles. The highest BCUT2D eigenvalue weighted by Crippen LogP contribution is 2.28. The van der Waals surface area contributed by atoms with Gasteiger partial charge in [0.15, 0.2) is 0 Å². The lowest BCUT2D eigenvalue weighted by atomic mass is 10.1. The largest absolute Gasteiger partial charge is 0.377 e. The molecular formula is C15H15ClFN3O2. The monoisotopic (exact) mass is 323 g/mol. The van der Waals surface area contributed by atoms with Gasteiger partial charge in [-0.25, -0.2) is 4.39 Å². The van der Waals surface area contributed by atoms with Gasteiger partial charge in [0, 0.05) is 18.8 Å². The van der Waals surface area contributed by atoms with Gasteiger partial charge in [0.1, 0.15) is 11.9 Å². The topological polar surface area (TPSA) is 56.6 Å². The minimum absolute atomic E-state index is 0.0321. The van der Waals surface area contributed by atoms with Crippen LogP contribution in [-0.2, 0) is 9.53 Å². The van der Waals surface area contributed by atoms with Gasteiger partial charge in [0.05, 0.1) is 30.3 Å². The molecule has 2 aliphatic rings. The third kappa shape index (κ3) is 2.68. The van der Waals surface area contributed by atoms with Gasteiger partial charge in [-0.3, -0.25) is 9.69 Å². The van der Waals surface area contributed by atoms with Crippen molar-refractivity contribution in [3.63, 3.8) is 0 Å². The molecule has 0 aliphatic carbocycles. The number of hydrogen-bond acceptors (Lipinski definition) is 4. The molecule has 0 unspecified atom stereocenters. The van der Waals surface area contributed by atoms with Crippen molar-refractivity contribution in [3.05, 3.63) is 29.0 Å². The number of halogens is 2. The number of morpholine rings is 1. The SMILES string of the molecule is N#C[C@H]1COCCN1[C@@H]1CCN(c2ccc(Cl)c(F)c2)C1=O. The minimum Gasteiger partial charge on any atom is -0.377 e. The Bertz CT molecular complexity index is 634. The van der Waals surface area contributed by atoms with Crippen LogP contribution < -0.4 is 4.90 Å². The summed E-state index contributed by atoms with van der Waals surface area (Å²) < 4.78 is 18.9. The molecule has 0 spiro atoms. The van der Waals surface area contributed by atoms with E-state index in [1.807, 2.05) is 4.90 Å². The summed E-state index contributed by atoms with van der Waals surface area (Å²) in [7, 11) is 0. The number of hydrogen-bond donors (Lipinski definition) is 0. The van der Waals surface area contributed by atoms with E-state index in [1.54, 1.807) is 11.0 Å². The molecule has 0 radical (unpaired) electrons. The first-order valence-electron chi connectivity index (χ1n) is 7.11. The van der Waals surface area contributed by atoms with E-state index in [9.17, 15) is 14.4 Å². The molecule has 2 atom stereocenters. The van der Waals surface area contributed by atoms with Crippen LogP contribution in [0.1, 0.15) is 6.42 Å². The number of nitriles is 1. The van der Waals surface area contributed by atoms with E-state index in [1.165, 1.54) is 12.1 Å². The maximum absolute atomic E-state index is 13.6. The minimum atomic E-state index is -0.545. The number of amides is 1. The average Bonchev–Trinajstić information content (AvgIpc) is 2.91. The summed E-state index contributed by atoms with van der Waals surface area (Å²) in [5, 5.41) is 9.23. The van der Waals surface area contributed by atoms with Gasteiger partial charge in [-0.2, -0.15) is 5.26 Å². The van der Waals surface area contributed by atoms with Crippen LogP contribution >= 0.6 is 11.6 Å². The summed E-state index contributed by atoms with van der Waals surface area (Å²) in [6.45, 7) is 1.88. The van der Waals surface area contributed by atoms with E-state index in [0.29, 0.717) is 38.4 Å². The quantitative estimate of drug-likeness (QED) is 0.833. The van der Waals surface area contributed by atoms with E-state index >= 15 is 0 Å². The lowest BCUT2D eigenvalue weighted by molar-refractivity contribution is -0.124. The summed E-state index contributed by atoms with van der Waals surface area (Å²) in [4.78, 5) is 16.1. The Balaban J connectivity index is 1.79. The number of carbonyl (C=O) groups excluding carboxylic acids is 1. The number of rotatable bonds is 2. The number of benzene rings is 1. The molecule has 22 heavy (non-hydrogen) atoms. The lowest BCUT2D eigenvalue weighted by Gasteiger charge is -2.34. The number of nitrogens with zero attached hydrogens (tertiary/aromatic N) is 3. The van der Waals surface area contributed by atoms with E-state index in [0.717, 1.165) is 0 Å². The van der Waals surface area contributed by atoms with Gasteiger partial charge in [0.25, 0.3) is 0 Å². The Labute approximate surface area is 132 Å². The van der Waals surface area contributed by atoms with Crippen LogP contribution in [0.15, 0.2) is 18.2 Å². The van der Waals surface area contributed by atoms with Crippen molar-refractivity contribution >= 4 is 23.2 Å². The van der Waals surface area contributed by atoms with Gasteiger partial charge >= 0.3 is 0 Å². The van der Waals surface area contributed by atoms with Crippen molar-refractivity contribution < 1.29 is 13.9 Å². The van der Waals surface area contributed by atoms with Crippen molar-refractivity contribution in [2.45, 2.75) is 18.5 Å². The first kappa shape index (κ1) is 15.2. The van der Waals surface area contributed by atoms with Crippen LogP contribution in [0.4, 0.5) is 10.1 Å². The van der Waals surface area contributed by atoms with Crippen molar-refractivity contribution in [1.82, 2.24) is 4.90 Å². The van der Waals surface area contributed by atoms with E-state index < -0.39 is 11.9 Å². The molecule has 2 fully saturated rings. The maximum Gasteiger partial charge on any atom is 0.244 e. The summed E-state index contributed by atoms with van der Waals surface area (Å²) in [5.74, 6) is -0.652. The molecule has 1 aromatic carbocycles. The Hall–Kier alpha value is -1.68. The summed E-state index contributed by atoms with van der Waals surface area (Å²) >= 11 is 5.68. The molecule has 0 N–H and O–H groups in total. The third-order valence-corrected chi connectivity index (χ3v) is 4.42. The van der Waals surface area contributed by atoms with Crippen molar-refractivity contribution in [2.24, 2.45) is 0 Å². The standard InChI is InChI=1S/C15H15ClFN3O2/c16-12-2-1-10(7-13(12)17)20-4-3-14(15(20)21)19-5-6-22-9-11(19)8-18/h1-2,7,11,14H,3-6,9H2/t11-,14+/m0/s1. The van der Waals surface area contributed by atoms with Gasteiger partial charge in [-0.1, -0.05) is 11.6 Å². The second-order valence-electron chi connectivity index (χ2n) is 5.35. The smallest absolute Gasteiger partial charge is 0.244 e. The van der Waals surface area contributed by atoms with E-state index in [4.69, 9.17) is 16.3 Å². The molecule has 1 aromatic rings. The zero-order valence-electron chi connectivity index (χ0n) is 11.8. The molecule has 2 heterocycles. The van der Waals surface area contributed by atoms with Gasteiger partial charge in [-0.05, 0) is 24.6 Å². The van der Waals surface area contributed by atoms with Crippen LogP contribution in [0.2, 0.25) is 5.02 Å². The molecule has 0 aromatic heterocycles. The predicted octanol–water partition coefficient (Wildman–Crippen LogP) is 1.81. The van der Waals surface area contributed by atoms with Crippen LogP contribution in [0.5, 0.6) is 0 Å². The highest BCUT2D eigenvalue weighted by molar-refractivity contribution is 6.30. The summed E-state index contributed by atoms with van der Waals surface area (Å²) in [6.07, 6.45) is 0.612. The third-order valence-electron chi connectivity index (χ3n) is 4.11. The Morgan fingerprint density at radius 3 is 2.95 bits per heavy atom. The predicted molar refractivity (Wildman–Crippen MR) is 79.1 cm³/mol. The Morgan fingerprint density at radius 2 is 2.23 bits per heavy atom. The van der Waals surface area contributed by atoms with Crippen LogP contribution in [-0.4, -0.2) is 49.2 Å². The highest BCUT2D eigenvalue weighted by Gasteiger charge is 2.40. The average molecular weight is 324 g/mol. The zero-order chi connectivity index (χ0) is 15.7. The van der Waals surface area contributed by atoms with Crippen LogP contribution in [0.3, 0.4) is 0 Å². The Morgan fingerprint density at radius 1 is 1.41 bits per heavy atom. The zero-order valence-corrected chi connectivity index (χ0v) is 12.6. The number of carbonyl (C=O) groups is 1. The normalized spacial score (nSPS) is 26.2. The van der Waals surface area contributed by atoms with Gasteiger partial charge in [-0.15, -0.1) is 0 Å². The van der Waals surface area contributed by atoms with Crippen LogP contribution in [0.25, 0.3) is 0 Å². The molecule has 116 valence electrons. The molecular weight excluding hydrogens is 309 g/mol.